The summed E-state index contributed by atoms with van der Waals surface area (Å²) in [4.78, 5) is 14.1. The molecule has 0 fully saturated rings. The quantitative estimate of drug-likeness (QED) is 0.838. The monoisotopic (exact) mass is 314 g/mol. The second-order valence-corrected chi connectivity index (χ2v) is 6.53. The van der Waals surface area contributed by atoms with E-state index in [1.807, 2.05) is 6.07 Å². The first-order valence-corrected chi connectivity index (χ1v) is 7.85. The molecule has 0 unspecified atom stereocenters. The zero-order chi connectivity index (χ0) is 16.5. The number of nitrogens with zero attached hydrogens (tertiary/aromatic N) is 2. The fourth-order valence-corrected chi connectivity index (χ4v) is 2.63. The van der Waals surface area contributed by atoms with Gasteiger partial charge in [0.2, 0.25) is 0 Å². The van der Waals surface area contributed by atoms with Crippen LogP contribution in [-0.2, 0) is 9.84 Å². The van der Waals surface area contributed by atoms with Crippen LogP contribution in [0.3, 0.4) is 0 Å². The highest BCUT2D eigenvalue weighted by atomic mass is 32.2. The lowest BCUT2D eigenvalue weighted by molar-refractivity contribution is 0.602. The molecule has 0 amide bonds. The average Bonchev–Trinajstić information content (AvgIpc) is 2.46. The molecule has 0 bridgehead atoms. The maximum absolute atomic E-state index is 11.8. The average molecular weight is 314 g/mol. The molecule has 0 saturated carbocycles. The summed E-state index contributed by atoms with van der Waals surface area (Å²) < 4.78 is 22.9. The molecule has 0 radical (unpaired) electrons. The normalized spacial score (nSPS) is 10.7. The van der Waals surface area contributed by atoms with Crippen LogP contribution >= 0.6 is 0 Å². The summed E-state index contributed by atoms with van der Waals surface area (Å²) in [5.41, 5.74) is 5.06. The number of benzene rings is 1. The van der Waals surface area contributed by atoms with E-state index in [1.54, 1.807) is 6.07 Å². The number of aromatic amines is 1. The fraction of sp³-hybridized carbons (Fsp3) is 0.0714. The van der Waals surface area contributed by atoms with Crippen molar-refractivity contribution in [2.45, 2.75) is 4.90 Å². The topological polar surface area (TPSA) is 141 Å². The Hall–Kier alpha value is -3.10. The first-order valence-electron chi connectivity index (χ1n) is 5.96. The highest BCUT2D eigenvalue weighted by Crippen LogP contribution is 2.28. The molecule has 0 saturated heterocycles. The number of sulfone groups is 1. The van der Waals surface area contributed by atoms with Crippen LogP contribution in [0, 0.1) is 22.7 Å². The number of nitriles is 2. The van der Waals surface area contributed by atoms with Crippen molar-refractivity contribution in [3.63, 3.8) is 0 Å². The van der Waals surface area contributed by atoms with Crippen LogP contribution in [0.15, 0.2) is 34.0 Å². The molecule has 0 atom stereocenters. The maximum atomic E-state index is 11.8. The zero-order valence-corrected chi connectivity index (χ0v) is 12.2. The third-order valence-electron chi connectivity index (χ3n) is 3.04. The largest absolute Gasteiger partial charge is 0.384 e. The summed E-state index contributed by atoms with van der Waals surface area (Å²) in [7, 11) is -3.37. The van der Waals surface area contributed by atoms with Gasteiger partial charge in [0.05, 0.1) is 4.90 Å². The number of hydrogen-bond donors (Lipinski definition) is 2. The summed E-state index contributed by atoms with van der Waals surface area (Å²) in [6.07, 6.45) is 1.06. The Morgan fingerprint density at radius 1 is 1.09 bits per heavy atom. The van der Waals surface area contributed by atoms with Gasteiger partial charge in [0.25, 0.3) is 5.56 Å². The molecule has 3 N–H and O–H groups in total. The molecule has 2 aromatic rings. The van der Waals surface area contributed by atoms with E-state index in [-0.39, 0.29) is 27.4 Å². The molecule has 0 aliphatic rings. The smallest absolute Gasteiger partial charge is 0.268 e. The Morgan fingerprint density at radius 3 is 2.09 bits per heavy atom. The SMILES string of the molecule is CS(=O)(=O)c1ccc(-c2c(C#N)c(N)[nH]c(=O)c2C#N)cc1. The molecular formula is C14H10N4O3S. The van der Waals surface area contributed by atoms with E-state index in [1.165, 1.54) is 24.3 Å². The number of pyridine rings is 1. The number of anilines is 1. The summed E-state index contributed by atoms with van der Waals surface area (Å²) in [6.45, 7) is 0. The Bertz CT molecular complexity index is 991. The van der Waals surface area contributed by atoms with Gasteiger partial charge < -0.3 is 10.7 Å². The van der Waals surface area contributed by atoms with Crippen molar-refractivity contribution >= 4 is 15.7 Å². The molecule has 22 heavy (non-hydrogen) atoms. The number of nitrogen functional groups attached to an aromatic ring is 1. The molecule has 0 aliphatic carbocycles. The summed E-state index contributed by atoms with van der Waals surface area (Å²) in [6, 6.07) is 9.11. The molecule has 7 nitrogen and oxygen atoms in total. The van der Waals surface area contributed by atoms with E-state index < -0.39 is 15.4 Å². The van der Waals surface area contributed by atoms with Gasteiger partial charge in [-0.3, -0.25) is 4.79 Å². The van der Waals surface area contributed by atoms with Gasteiger partial charge in [0.1, 0.15) is 29.1 Å². The predicted octanol–water partition coefficient (Wildman–Crippen LogP) is 0.771. The summed E-state index contributed by atoms with van der Waals surface area (Å²) in [5.74, 6) is -0.145. The third kappa shape index (κ3) is 2.55. The second-order valence-electron chi connectivity index (χ2n) is 4.51. The molecular weight excluding hydrogens is 304 g/mol. The van der Waals surface area contributed by atoms with E-state index >= 15 is 0 Å². The minimum absolute atomic E-state index is 0.0387. The van der Waals surface area contributed by atoms with Gasteiger partial charge in [-0.1, -0.05) is 12.1 Å². The molecule has 1 aromatic heterocycles. The van der Waals surface area contributed by atoms with Gasteiger partial charge in [-0.2, -0.15) is 10.5 Å². The lowest BCUT2D eigenvalue weighted by atomic mass is 9.97. The van der Waals surface area contributed by atoms with Crippen molar-refractivity contribution in [2.24, 2.45) is 0 Å². The van der Waals surface area contributed by atoms with Gasteiger partial charge in [-0.15, -0.1) is 0 Å². The van der Waals surface area contributed by atoms with E-state index in [0.29, 0.717) is 5.56 Å². The van der Waals surface area contributed by atoms with Crippen LogP contribution in [0.1, 0.15) is 11.1 Å². The van der Waals surface area contributed by atoms with Crippen molar-refractivity contribution in [1.82, 2.24) is 4.98 Å². The predicted molar refractivity (Wildman–Crippen MR) is 79.5 cm³/mol. The van der Waals surface area contributed by atoms with Crippen LogP contribution in [-0.4, -0.2) is 19.7 Å². The highest BCUT2D eigenvalue weighted by molar-refractivity contribution is 7.90. The van der Waals surface area contributed by atoms with Crippen molar-refractivity contribution in [3.8, 4) is 23.3 Å². The minimum atomic E-state index is -3.37. The van der Waals surface area contributed by atoms with Crippen LogP contribution in [0.2, 0.25) is 0 Å². The van der Waals surface area contributed by atoms with E-state index in [4.69, 9.17) is 11.0 Å². The van der Waals surface area contributed by atoms with Crippen LogP contribution in [0.5, 0.6) is 0 Å². The number of H-pyrrole nitrogens is 1. The van der Waals surface area contributed by atoms with Gasteiger partial charge >= 0.3 is 0 Å². The summed E-state index contributed by atoms with van der Waals surface area (Å²) >= 11 is 0. The molecule has 1 aromatic carbocycles. The van der Waals surface area contributed by atoms with Crippen LogP contribution < -0.4 is 11.3 Å². The highest BCUT2D eigenvalue weighted by Gasteiger charge is 2.18. The Balaban J connectivity index is 2.81. The molecule has 1 heterocycles. The Kier molecular flexibility index (Phi) is 3.72. The number of aromatic nitrogens is 1. The first-order chi connectivity index (χ1) is 10.3. The van der Waals surface area contributed by atoms with Crippen molar-refractivity contribution < 1.29 is 8.42 Å². The fourth-order valence-electron chi connectivity index (χ4n) is 2.00. The summed E-state index contributed by atoms with van der Waals surface area (Å²) in [5, 5.41) is 18.3. The number of rotatable bonds is 2. The van der Waals surface area contributed by atoms with Crippen LogP contribution in [0.4, 0.5) is 5.82 Å². The number of nitrogens with two attached hydrogens (primary N) is 1. The molecule has 2 rings (SSSR count). The van der Waals surface area contributed by atoms with Crippen LogP contribution in [0.25, 0.3) is 11.1 Å². The lowest BCUT2D eigenvalue weighted by Crippen LogP contribution is -2.16. The van der Waals surface area contributed by atoms with Crippen molar-refractivity contribution in [1.29, 1.82) is 10.5 Å². The van der Waals surface area contributed by atoms with Gasteiger partial charge in [-0.25, -0.2) is 8.42 Å². The van der Waals surface area contributed by atoms with E-state index in [0.717, 1.165) is 6.26 Å². The molecule has 0 spiro atoms. The second kappa shape index (κ2) is 5.35. The molecule has 110 valence electrons. The minimum Gasteiger partial charge on any atom is -0.384 e. The zero-order valence-electron chi connectivity index (χ0n) is 11.4. The van der Waals surface area contributed by atoms with Crippen molar-refractivity contribution in [3.05, 3.63) is 45.7 Å². The third-order valence-corrected chi connectivity index (χ3v) is 4.17. The molecule has 0 aliphatic heterocycles. The van der Waals surface area contributed by atoms with E-state index in [9.17, 15) is 18.5 Å². The lowest BCUT2D eigenvalue weighted by Gasteiger charge is -2.09. The van der Waals surface area contributed by atoms with E-state index in [2.05, 4.69) is 4.98 Å². The molecule has 8 heteroatoms. The van der Waals surface area contributed by atoms with Gasteiger partial charge in [0.15, 0.2) is 9.84 Å². The number of hydrogen-bond acceptors (Lipinski definition) is 6. The maximum Gasteiger partial charge on any atom is 0.268 e. The first kappa shape index (κ1) is 15.3. The van der Waals surface area contributed by atoms with Gasteiger partial charge in [0, 0.05) is 11.8 Å². The standard InChI is InChI=1S/C14H10N4O3S/c1-22(20,21)9-4-2-8(3-5-9)12-10(6-15)13(17)18-14(19)11(12)7-16/h2-5H,1H3,(H3,17,18,19). The number of nitrogens with one attached hydrogen (secondary N) is 1. The van der Waals surface area contributed by atoms with Gasteiger partial charge in [-0.05, 0) is 17.7 Å². The van der Waals surface area contributed by atoms with Crippen molar-refractivity contribution in [2.75, 3.05) is 12.0 Å². The Morgan fingerprint density at radius 2 is 1.64 bits per heavy atom. The Labute approximate surface area is 126 Å².